The van der Waals surface area contributed by atoms with Crippen molar-refractivity contribution < 1.29 is 18.7 Å². The van der Waals surface area contributed by atoms with Gasteiger partial charge in [0.05, 0.1) is 23.5 Å². The lowest BCUT2D eigenvalue weighted by Gasteiger charge is -2.43. The summed E-state index contributed by atoms with van der Waals surface area (Å²) in [6.45, 7) is 2.28. The van der Waals surface area contributed by atoms with Gasteiger partial charge >= 0.3 is 0 Å². The highest BCUT2D eigenvalue weighted by Crippen LogP contribution is 2.38. The highest BCUT2D eigenvalue weighted by molar-refractivity contribution is 5.93. The van der Waals surface area contributed by atoms with Gasteiger partial charge in [-0.05, 0) is 25.5 Å². The number of aryl methyl sites for hydroxylation is 1. The normalized spacial score (nSPS) is 23.5. The topological polar surface area (TPSA) is 92.3 Å². The van der Waals surface area contributed by atoms with Gasteiger partial charge in [0, 0.05) is 36.1 Å². The van der Waals surface area contributed by atoms with Crippen LogP contribution in [0.4, 0.5) is 14.7 Å². The van der Waals surface area contributed by atoms with Gasteiger partial charge in [-0.15, -0.1) is 0 Å². The third-order valence-corrected chi connectivity index (χ3v) is 5.38. The smallest absolute Gasteiger partial charge is 0.252 e. The Morgan fingerprint density at radius 1 is 1.30 bits per heavy atom. The first-order chi connectivity index (χ1) is 12.7. The van der Waals surface area contributed by atoms with Crippen LogP contribution >= 0.6 is 0 Å². The number of hydrogen-bond donors (Lipinski definition) is 2. The molecule has 2 aromatic rings. The Hall–Kier alpha value is -2.61. The van der Waals surface area contributed by atoms with Crippen molar-refractivity contribution in [1.82, 2.24) is 9.97 Å². The number of aliphatic hydroxyl groups excluding tert-OH is 1. The van der Waals surface area contributed by atoms with Crippen molar-refractivity contribution in [3.05, 3.63) is 41.1 Å². The van der Waals surface area contributed by atoms with Gasteiger partial charge in [0.15, 0.2) is 0 Å². The van der Waals surface area contributed by atoms with Crippen molar-refractivity contribution >= 4 is 11.9 Å². The van der Waals surface area contributed by atoms with Crippen molar-refractivity contribution in [2.45, 2.75) is 44.3 Å². The molecule has 1 aromatic heterocycles. The lowest BCUT2D eigenvalue weighted by Crippen LogP contribution is -2.59. The molecule has 2 aliphatic rings. The van der Waals surface area contributed by atoms with E-state index in [0.717, 1.165) is 0 Å². The average Bonchev–Trinajstić information content (AvgIpc) is 2.64. The highest BCUT2D eigenvalue weighted by atomic mass is 19.3. The fourth-order valence-electron chi connectivity index (χ4n) is 3.57. The molecule has 27 heavy (non-hydrogen) atoms. The highest BCUT2D eigenvalue weighted by Gasteiger charge is 2.40. The van der Waals surface area contributed by atoms with Gasteiger partial charge in [0.2, 0.25) is 11.9 Å². The number of alkyl halides is 2. The molecule has 1 aliphatic carbocycles. The molecule has 1 saturated heterocycles. The number of anilines is 1. The Morgan fingerprint density at radius 2 is 2.00 bits per heavy atom. The quantitative estimate of drug-likeness (QED) is 0.857. The summed E-state index contributed by atoms with van der Waals surface area (Å²) in [4.78, 5) is 22.2. The zero-order chi connectivity index (χ0) is 19.3. The summed E-state index contributed by atoms with van der Waals surface area (Å²) in [7, 11) is 0. The Labute approximate surface area is 155 Å². The summed E-state index contributed by atoms with van der Waals surface area (Å²) in [5.41, 5.74) is 7.75. The van der Waals surface area contributed by atoms with Gasteiger partial charge < -0.3 is 15.7 Å². The predicted octanol–water partition coefficient (Wildman–Crippen LogP) is 1.94. The molecule has 1 aliphatic heterocycles. The molecule has 6 nitrogen and oxygen atoms in total. The van der Waals surface area contributed by atoms with Crippen LogP contribution in [-0.2, 0) is 12.8 Å². The molecular weight excluding hydrogens is 354 g/mol. The molecule has 0 saturated carbocycles. The van der Waals surface area contributed by atoms with Crippen LogP contribution in [0, 0.1) is 0 Å². The third-order valence-electron chi connectivity index (χ3n) is 5.38. The molecule has 3 N–H and O–H groups in total. The number of nitrogens with zero attached hydrogens (tertiary/aromatic N) is 3. The number of β-amino-alcohol motifs (C(OH)–C–C–N with tert-alkyl or cyclic N) is 1. The number of carbonyl (C=O) groups excluding carboxylic acids is 1. The summed E-state index contributed by atoms with van der Waals surface area (Å²) in [6.07, 6.45) is -0.926. The van der Waals surface area contributed by atoms with Crippen LogP contribution in [0.2, 0.25) is 0 Å². The van der Waals surface area contributed by atoms with E-state index in [2.05, 4.69) is 9.97 Å². The number of nitrogens with two attached hydrogens (primary N) is 1. The van der Waals surface area contributed by atoms with Crippen molar-refractivity contribution in [2.75, 3.05) is 11.4 Å². The average molecular weight is 374 g/mol. The minimum absolute atomic E-state index is 0.127. The van der Waals surface area contributed by atoms with Gasteiger partial charge in [-0.2, -0.15) is 0 Å². The standard InChI is InChI=1S/C19H20F2N4O2/c1-10-15(26)9-25(10)18-23-14-6-7-19(20,21)8-13(14)16(24-18)11-2-4-12(5-3-11)17(22)27/h2-5,10,15,26H,6-9H2,1H3,(H2,22,27)/t10-,15+/m0/s1. The van der Waals surface area contributed by atoms with Gasteiger partial charge in [-0.25, -0.2) is 18.7 Å². The monoisotopic (exact) mass is 374 g/mol. The third kappa shape index (κ3) is 3.14. The van der Waals surface area contributed by atoms with Crippen LogP contribution < -0.4 is 10.6 Å². The molecule has 8 heteroatoms. The minimum Gasteiger partial charge on any atom is -0.389 e. The second-order valence-corrected chi connectivity index (χ2v) is 7.23. The first-order valence-electron chi connectivity index (χ1n) is 8.88. The predicted molar refractivity (Wildman–Crippen MR) is 95.8 cm³/mol. The van der Waals surface area contributed by atoms with E-state index in [-0.39, 0.29) is 18.9 Å². The van der Waals surface area contributed by atoms with E-state index in [1.54, 1.807) is 24.3 Å². The summed E-state index contributed by atoms with van der Waals surface area (Å²) in [5.74, 6) is -2.91. The second-order valence-electron chi connectivity index (χ2n) is 7.23. The SMILES string of the molecule is C[C@H]1[C@H](O)CN1c1nc2c(c(-c3ccc(C(N)=O)cc3)n1)CC(F)(F)CC2. The van der Waals surface area contributed by atoms with Gasteiger partial charge in [-0.1, -0.05) is 12.1 Å². The Balaban J connectivity index is 1.81. The van der Waals surface area contributed by atoms with E-state index in [1.807, 2.05) is 11.8 Å². The van der Waals surface area contributed by atoms with E-state index >= 15 is 0 Å². The molecule has 142 valence electrons. The second kappa shape index (κ2) is 6.23. The van der Waals surface area contributed by atoms with Crippen LogP contribution in [0.15, 0.2) is 24.3 Å². The van der Waals surface area contributed by atoms with Crippen LogP contribution in [0.3, 0.4) is 0 Å². The maximum atomic E-state index is 14.0. The molecule has 1 aromatic carbocycles. The molecule has 0 bridgehead atoms. The molecule has 2 atom stereocenters. The largest absolute Gasteiger partial charge is 0.389 e. The lowest BCUT2D eigenvalue weighted by molar-refractivity contribution is -0.0127. The summed E-state index contributed by atoms with van der Waals surface area (Å²) >= 11 is 0. The van der Waals surface area contributed by atoms with Crippen molar-refractivity contribution in [3.63, 3.8) is 0 Å². The maximum Gasteiger partial charge on any atom is 0.252 e. The number of carbonyl (C=O) groups is 1. The molecule has 0 radical (unpaired) electrons. The van der Waals surface area contributed by atoms with E-state index in [9.17, 15) is 18.7 Å². The fourth-order valence-corrected chi connectivity index (χ4v) is 3.57. The number of hydrogen-bond acceptors (Lipinski definition) is 5. The number of amides is 1. The first kappa shape index (κ1) is 17.8. The molecule has 1 fully saturated rings. The first-order valence-corrected chi connectivity index (χ1v) is 8.88. The van der Waals surface area contributed by atoms with Gasteiger partial charge in [-0.3, -0.25) is 4.79 Å². The number of primary amides is 1. The van der Waals surface area contributed by atoms with Gasteiger partial charge in [0.1, 0.15) is 0 Å². The molecule has 4 rings (SSSR count). The number of aliphatic hydroxyl groups is 1. The van der Waals surface area contributed by atoms with Crippen LogP contribution in [0.5, 0.6) is 0 Å². The van der Waals surface area contributed by atoms with Crippen LogP contribution in [-0.4, -0.2) is 45.6 Å². The van der Waals surface area contributed by atoms with Crippen molar-refractivity contribution in [3.8, 4) is 11.3 Å². The number of halogens is 2. The summed E-state index contributed by atoms with van der Waals surface area (Å²) in [6, 6.07) is 6.31. The summed E-state index contributed by atoms with van der Waals surface area (Å²) < 4.78 is 28.1. The van der Waals surface area contributed by atoms with E-state index in [0.29, 0.717) is 40.6 Å². The lowest BCUT2D eigenvalue weighted by atomic mass is 9.89. The van der Waals surface area contributed by atoms with E-state index < -0.39 is 24.4 Å². The van der Waals surface area contributed by atoms with E-state index in [1.165, 1.54) is 0 Å². The molecular formula is C19H20F2N4O2. The fraction of sp³-hybridized carbons (Fsp3) is 0.421. The minimum atomic E-state index is -2.79. The number of benzene rings is 1. The summed E-state index contributed by atoms with van der Waals surface area (Å²) in [5, 5.41) is 9.78. The Morgan fingerprint density at radius 3 is 2.59 bits per heavy atom. The zero-order valence-electron chi connectivity index (χ0n) is 14.8. The van der Waals surface area contributed by atoms with Crippen LogP contribution in [0.25, 0.3) is 11.3 Å². The van der Waals surface area contributed by atoms with Crippen molar-refractivity contribution in [2.24, 2.45) is 5.73 Å². The van der Waals surface area contributed by atoms with E-state index in [4.69, 9.17) is 5.73 Å². The molecule has 2 heterocycles. The zero-order valence-corrected chi connectivity index (χ0v) is 14.8. The number of aromatic nitrogens is 2. The number of rotatable bonds is 3. The molecule has 0 unspecified atom stereocenters. The Bertz CT molecular complexity index is 901. The maximum absolute atomic E-state index is 14.0. The molecule has 0 spiro atoms. The van der Waals surface area contributed by atoms with Gasteiger partial charge in [0.25, 0.3) is 5.92 Å². The van der Waals surface area contributed by atoms with Crippen molar-refractivity contribution in [1.29, 1.82) is 0 Å². The van der Waals surface area contributed by atoms with Crippen LogP contribution in [0.1, 0.15) is 35.0 Å². The Kier molecular flexibility index (Phi) is 4.10. The molecule has 1 amide bonds. The number of fused-ring (bicyclic) bond motifs is 1.